The molecule has 14 heavy (non-hydrogen) atoms. The van der Waals surface area contributed by atoms with Crippen molar-refractivity contribution in [3.63, 3.8) is 0 Å². The van der Waals surface area contributed by atoms with Gasteiger partial charge in [0.2, 0.25) is 5.89 Å². The Hall–Kier alpha value is -0.870. The Balaban J connectivity index is 0.000000980. The van der Waals surface area contributed by atoms with Crippen LogP contribution in [0.3, 0.4) is 0 Å². The molecule has 0 aliphatic carbocycles. The number of hydrogen-bond acceptors (Lipinski definition) is 4. The third-order valence-electron chi connectivity index (χ3n) is 2.16. The zero-order valence-corrected chi connectivity index (χ0v) is 9.17. The molecule has 0 saturated heterocycles. The smallest absolute Gasteiger partial charge is 0.223 e. The molecule has 78 valence electrons. The van der Waals surface area contributed by atoms with Gasteiger partial charge in [-0.05, 0) is 13.5 Å². The Morgan fingerprint density at radius 2 is 2.29 bits per heavy atom. The van der Waals surface area contributed by atoms with Gasteiger partial charge in [-0.15, -0.1) is 12.4 Å². The fourth-order valence-corrected chi connectivity index (χ4v) is 1.49. The summed E-state index contributed by atoms with van der Waals surface area (Å²) in [6, 6.07) is 0. The lowest BCUT2D eigenvalue weighted by Gasteiger charge is -2.20. The summed E-state index contributed by atoms with van der Waals surface area (Å²) >= 11 is 0. The van der Waals surface area contributed by atoms with Crippen LogP contribution in [-0.4, -0.2) is 35.2 Å². The number of aryl methyl sites for hydroxylation is 1. The fourth-order valence-electron chi connectivity index (χ4n) is 1.49. The van der Waals surface area contributed by atoms with E-state index in [9.17, 15) is 0 Å². The van der Waals surface area contributed by atoms with Crippen molar-refractivity contribution >= 4 is 18.0 Å². The number of likely N-dealkylation sites (N-methyl/N-ethyl adjacent to an activating group) is 1. The topological polar surface area (TPSA) is 42.2 Å². The van der Waals surface area contributed by atoms with E-state index in [1.165, 1.54) is 5.57 Å². The molecular formula is C9H14ClN3O. The highest BCUT2D eigenvalue weighted by Gasteiger charge is 2.14. The fraction of sp³-hybridized carbons (Fsp3) is 0.556. The predicted octanol–water partition coefficient (Wildman–Crippen LogP) is 1.52. The van der Waals surface area contributed by atoms with Crippen molar-refractivity contribution in [2.24, 2.45) is 0 Å². The molecule has 1 aromatic heterocycles. The first-order valence-corrected chi connectivity index (χ1v) is 4.44. The highest BCUT2D eigenvalue weighted by Crippen LogP contribution is 2.16. The molecule has 1 aliphatic rings. The van der Waals surface area contributed by atoms with Crippen molar-refractivity contribution in [3.05, 3.63) is 17.8 Å². The van der Waals surface area contributed by atoms with E-state index in [0.29, 0.717) is 5.89 Å². The standard InChI is InChI=1S/C9H13N3O.ClH/c1-7-10-9(11-13-7)8-4-3-5-12(2)6-8;/h4H,3,5-6H2,1-2H3;1H. The van der Waals surface area contributed by atoms with Crippen LogP contribution in [0.2, 0.25) is 0 Å². The van der Waals surface area contributed by atoms with Crippen molar-refractivity contribution in [1.29, 1.82) is 0 Å². The Morgan fingerprint density at radius 1 is 1.50 bits per heavy atom. The number of aromatic nitrogens is 2. The molecule has 0 fully saturated rings. The lowest BCUT2D eigenvalue weighted by Crippen LogP contribution is -2.25. The first-order valence-electron chi connectivity index (χ1n) is 4.44. The van der Waals surface area contributed by atoms with Crippen molar-refractivity contribution in [2.75, 3.05) is 20.1 Å². The maximum absolute atomic E-state index is 4.93. The normalized spacial score (nSPS) is 17.4. The monoisotopic (exact) mass is 215 g/mol. The van der Waals surface area contributed by atoms with Gasteiger partial charge in [0.25, 0.3) is 0 Å². The molecule has 4 nitrogen and oxygen atoms in total. The SMILES string of the molecule is Cc1nc(C2=CCCN(C)C2)no1.Cl. The van der Waals surface area contributed by atoms with Gasteiger partial charge in [0.15, 0.2) is 5.82 Å². The second-order valence-electron chi connectivity index (χ2n) is 3.39. The summed E-state index contributed by atoms with van der Waals surface area (Å²) in [6.07, 6.45) is 3.25. The molecule has 0 bridgehead atoms. The quantitative estimate of drug-likeness (QED) is 0.713. The van der Waals surface area contributed by atoms with Crippen molar-refractivity contribution < 1.29 is 4.52 Å². The molecule has 1 aliphatic heterocycles. The zero-order valence-electron chi connectivity index (χ0n) is 8.36. The number of hydrogen-bond donors (Lipinski definition) is 0. The molecule has 0 N–H and O–H groups in total. The van der Waals surface area contributed by atoms with Gasteiger partial charge in [0.1, 0.15) is 0 Å². The molecule has 2 heterocycles. The van der Waals surface area contributed by atoms with Gasteiger partial charge in [0.05, 0.1) is 0 Å². The van der Waals surface area contributed by atoms with Crippen LogP contribution in [0.5, 0.6) is 0 Å². The van der Waals surface area contributed by atoms with E-state index < -0.39 is 0 Å². The average molecular weight is 216 g/mol. The molecule has 0 radical (unpaired) electrons. The van der Waals surface area contributed by atoms with Crippen LogP contribution in [-0.2, 0) is 0 Å². The molecule has 5 heteroatoms. The van der Waals surface area contributed by atoms with Gasteiger partial charge in [-0.1, -0.05) is 11.2 Å². The highest BCUT2D eigenvalue weighted by molar-refractivity contribution is 5.85. The first kappa shape index (κ1) is 11.2. The highest BCUT2D eigenvalue weighted by atomic mass is 35.5. The van der Waals surface area contributed by atoms with Gasteiger partial charge >= 0.3 is 0 Å². The molecule has 0 spiro atoms. The van der Waals surface area contributed by atoms with Gasteiger partial charge in [-0.3, -0.25) is 0 Å². The minimum absolute atomic E-state index is 0. The maximum atomic E-state index is 4.93. The Morgan fingerprint density at radius 3 is 2.86 bits per heavy atom. The molecular weight excluding hydrogens is 202 g/mol. The zero-order chi connectivity index (χ0) is 9.26. The van der Waals surface area contributed by atoms with E-state index in [2.05, 4.69) is 28.2 Å². The lowest BCUT2D eigenvalue weighted by atomic mass is 10.1. The summed E-state index contributed by atoms with van der Waals surface area (Å²) < 4.78 is 4.93. The number of rotatable bonds is 1. The Bertz CT molecular complexity index is 335. The van der Waals surface area contributed by atoms with Crippen molar-refractivity contribution in [1.82, 2.24) is 15.0 Å². The molecule has 1 aromatic rings. The minimum Gasteiger partial charge on any atom is -0.339 e. The number of halogens is 1. The van der Waals surface area contributed by atoms with Crippen LogP contribution >= 0.6 is 12.4 Å². The number of nitrogens with zero attached hydrogens (tertiary/aromatic N) is 3. The molecule has 0 atom stereocenters. The summed E-state index contributed by atoms with van der Waals surface area (Å²) in [4.78, 5) is 6.45. The Labute approximate surface area is 89.4 Å². The molecule has 2 rings (SSSR count). The van der Waals surface area contributed by atoms with Crippen LogP contribution in [0, 0.1) is 6.92 Å². The summed E-state index contributed by atoms with van der Waals surface area (Å²) in [5.74, 6) is 1.37. The lowest BCUT2D eigenvalue weighted by molar-refractivity contribution is 0.368. The second kappa shape index (κ2) is 4.57. The minimum atomic E-state index is 0. The molecule has 0 saturated carbocycles. The van der Waals surface area contributed by atoms with E-state index in [1.54, 1.807) is 0 Å². The molecule has 0 amide bonds. The molecule has 0 aromatic carbocycles. The Kier molecular flexibility index (Phi) is 3.66. The van der Waals surface area contributed by atoms with E-state index in [1.807, 2.05) is 6.92 Å². The van der Waals surface area contributed by atoms with Gasteiger partial charge < -0.3 is 9.42 Å². The van der Waals surface area contributed by atoms with Crippen LogP contribution in [0.1, 0.15) is 18.1 Å². The predicted molar refractivity (Wildman–Crippen MR) is 56.4 cm³/mol. The average Bonchev–Trinajstić information content (AvgIpc) is 2.52. The first-order chi connectivity index (χ1) is 6.25. The van der Waals surface area contributed by atoms with E-state index in [-0.39, 0.29) is 12.4 Å². The third-order valence-corrected chi connectivity index (χ3v) is 2.16. The summed E-state index contributed by atoms with van der Waals surface area (Å²) in [5, 5.41) is 3.89. The van der Waals surface area contributed by atoms with Crippen LogP contribution in [0.15, 0.2) is 10.6 Å². The van der Waals surface area contributed by atoms with E-state index >= 15 is 0 Å². The van der Waals surface area contributed by atoms with Crippen molar-refractivity contribution in [3.8, 4) is 0 Å². The van der Waals surface area contributed by atoms with Gasteiger partial charge in [-0.2, -0.15) is 4.98 Å². The van der Waals surface area contributed by atoms with Crippen LogP contribution < -0.4 is 0 Å². The summed E-state index contributed by atoms with van der Waals surface area (Å²) in [7, 11) is 2.10. The van der Waals surface area contributed by atoms with Crippen molar-refractivity contribution in [2.45, 2.75) is 13.3 Å². The summed E-state index contributed by atoms with van der Waals surface area (Å²) in [6.45, 7) is 3.84. The van der Waals surface area contributed by atoms with Crippen LogP contribution in [0.4, 0.5) is 0 Å². The maximum Gasteiger partial charge on any atom is 0.223 e. The van der Waals surface area contributed by atoms with Gasteiger partial charge in [-0.25, -0.2) is 0 Å². The third kappa shape index (κ3) is 2.33. The van der Waals surface area contributed by atoms with Gasteiger partial charge in [0, 0.05) is 25.6 Å². The second-order valence-corrected chi connectivity index (χ2v) is 3.39. The van der Waals surface area contributed by atoms with E-state index in [0.717, 1.165) is 25.3 Å². The largest absolute Gasteiger partial charge is 0.339 e. The van der Waals surface area contributed by atoms with Crippen LogP contribution in [0.25, 0.3) is 5.57 Å². The molecule has 0 unspecified atom stereocenters. The summed E-state index contributed by atoms with van der Waals surface area (Å²) in [5.41, 5.74) is 1.17. The van der Waals surface area contributed by atoms with E-state index in [4.69, 9.17) is 4.52 Å².